The molecule has 0 spiro atoms. The van der Waals surface area contributed by atoms with Crippen LogP contribution in [0, 0.1) is 5.92 Å². The molecule has 0 amide bonds. The van der Waals surface area contributed by atoms with E-state index in [1.165, 1.54) is 24.0 Å². The predicted molar refractivity (Wildman–Crippen MR) is 69.6 cm³/mol. The third-order valence-electron chi connectivity index (χ3n) is 3.27. The van der Waals surface area contributed by atoms with Gasteiger partial charge in [-0.15, -0.1) is 0 Å². The van der Waals surface area contributed by atoms with Crippen molar-refractivity contribution in [1.82, 2.24) is 0 Å². The van der Waals surface area contributed by atoms with E-state index in [9.17, 15) is 0 Å². The van der Waals surface area contributed by atoms with Crippen LogP contribution >= 0.6 is 0 Å². The first-order chi connectivity index (χ1) is 7.65. The molecule has 1 fully saturated rings. The van der Waals surface area contributed by atoms with E-state index in [1.807, 2.05) is 0 Å². The van der Waals surface area contributed by atoms with Crippen LogP contribution in [0.15, 0.2) is 24.3 Å². The van der Waals surface area contributed by atoms with Crippen LogP contribution in [0.25, 0.3) is 0 Å². The zero-order valence-corrected chi connectivity index (χ0v) is 10.4. The molecule has 0 saturated heterocycles. The van der Waals surface area contributed by atoms with Crippen molar-refractivity contribution in [3.63, 3.8) is 0 Å². The van der Waals surface area contributed by atoms with Crippen LogP contribution < -0.4 is 5.73 Å². The molecule has 2 rings (SSSR count). The van der Waals surface area contributed by atoms with E-state index in [0.29, 0.717) is 12.0 Å². The summed E-state index contributed by atoms with van der Waals surface area (Å²) >= 11 is 0. The van der Waals surface area contributed by atoms with Crippen LogP contribution in [0.1, 0.15) is 50.2 Å². The highest BCUT2D eigenvalue weighted by Gasteiger charge is 2.23. The fourth-order valence-corrected chi connectivity index (χ4v) is 2.38. The van der Waals surface area contributed by atoms with E-state index in [-0.39, 0.29) is 0 Å². The van der Waals surface area contributed by atoms with Gasteiger partial charge >= 0.3 is 0 Å². The fourth-order valence-electron chi connectivity index (χ4n) is 2.38. The third-order valence-corrected chi connectivity index (χ3v) is 3.27. The van der Waals surface area contributed by atoms with Crippen molar-refractivity contribution in [3.8, 4) is 0 Å². The minimum atomic E-state index is 0.314. The lowest BCUT2D eigenvalue weighted by atomic mass is 9.96. The first kappa shape index (κ1) is 11.7. The lowest BCUT2D eigenvalue weighted by molar-refractivity contribution is 0.493. The number of benzene rings is 1. The van der Waals surface area contributed by atoms with E-state index in [2.05, 4.69) is 38.1 Å². The molecule has 88 valence electrons. The molecule has 0 bridgehead atoms. The SMILES string of the molecule is CC(C)CC(N)Cc1cccc(C2CC2)c1. The Morgan fingerprint density at radius 2 is 2.06 bits per heavy atom. The van der Waals surface area contributed by atoms with Gasteiger partial charge in [-0.25, -0.2) is 0 Å². The normalized spacial score (nSPS) is 17.8. The van der Waals surface area contributed by atoms with Crippen LogP contribution in [0.5, 0.6) is 0 Å². The van der Waals surface area contributed by atoms with Crippen LogP contribution in [0.2, 0.25) is 0 Å². The molecule has 1 atom stereocenters. The maximum absolute atomic E-state index is 6.15. The number of nitrogens with two attached hydrogens (primary N) is 1. The van der Waals surface area contributed by atoms with Gasteiger partial charge < -0.3 is 5.73 Å². The average Bonchev–Trinajstić information content (AvgIpc) is 2.99. The quantitative estimate of drug-likeness (QED) is 0.803. The van der Waals surface area contributed by atoms with Gasteiger partial charge in [0.05, 0.1) is 0 Å². The molecule has 1 aliphatic carbocycles. The Kier molecular flexibility index (Phi) is 3.65. The lowest BCUT2D eigenvalue weighted by Gasteiger charge is -2.14. The van der Waals surface area contributed by atoms with Gasteiger partial charge in [0.2, 0.25) is 0 Å². The molecule has 1 unspecified atom stereocenters. The Morgan fingerprint density at radius 1 is 1.31 bits per heavy atom. The first-order valence-electron chi connectivity index (χ1n) is 6.49. The summed E-state index contributed by atoms with van der Waals surface area (Å²) in [6.07, 6.45) is 4.90. The second kappa shape index (κ2) is 5.01. The maximum atomic E-state index is 6.15. The number of rotatable bonds is 5. The molecule has 16 heavy (non-hydrogen) atoms. The lowest BCUT2D eigenvalue weighted by Crippen LogP contribution is -2.24. The maximum Gasteiger partial charge on any atom is 0.00817 e. The third kappa shape index (κ3) is 3.34. The highest BCUT2D eigenvalue weighted by Crippen LogP contribution is 2.40. The summed E-state index contributed by atoms with van der Waals surface area (Å²) in [7, 11) is 0. The van der Waals surface area contributed by atoms with Crippen LogP contribution in [-0.2, 0) is 6.42 Å². The minimum Gasteiger partial charge on any atom is -0.327 e. The summed E-state index contributed by atoms with van der Waals surface area (Å²) in [5.41, 5.74) is 9.09. The van der Waals surface area contributed by atoms with Gasteiger partial charge in [0.15, 0.2) is 0 Å². The van der Waals surface area contributed by atoms with E-state index in [4.69, 9.17) is 5.73 Å². The minimum absolute atomic E-state index is 0.314. The Balaban J connectivity index is 1.95. The van der Waals surface area contributed by atoms with Crippen LogP contribution in [0.4, 0.5) is 0 Å². The molecule has 1 aromatic carbocycles. The van der Waals surface area contributed by atoms with Gasteiger partial charge in [-0.05, 0) is 48.6 Å². The summed E-state index contributed by atoms with van der Waals surface area (Å²) in [6, 6.07) is 9.33. The molecular formula is C15H23N. The molecule has 1 aromatic rings. The molecule has 1 saturated carbocycles. The zero-order valence-electron chi connectivity index (χ0n) is 10.4. The zero-order chi connectivity index (χ0) is 11.5. The summed E-state index contributed by atoms with van der Waals surface area (Å²) in [6.45, 7) is 4.47. The Bertz CT molecular complexity index is 339. The molecule has 1 aliphatic rings. The highest BCUT2D eigenvalue weighted by atomic mass is 14.6. The van der Waals surface area contributed by atoms with E-state index in [0.717, 1.165) is 18.8 Å². The summed E-state index contributed by atoms with van der Waals surface area (Å²) in [5, 5.41) is 0. The van der Waals surface area contributed by atoms with Crippen molar-refractivity contribution in [2.45, 2.75) is 51.5 Å². The monoisotopic (exact) mass is 217 g/mol. The van der Waals surface area contributed by atoms with Crippen molar-refractivity contribution in [2.75, 3.05) is 0 Å². The second-order valence-corrected chi connectivity index (χ2v) is 5.61. The van der Waals surface area contributed by atoms with E-state index in [1.54, 1.807) is 0 Å². The fraction of sp³-hybridized carbons (Fsp3) is 0.600. The highest BCUT2D eigenvalue weighted by molar-refractivity contribution is 5.29. The molecule has 0 aromatic heterocycles. The van der Waals surface area contributed by atoms with Crippen LogP contribution in [-0.4, -0.2) is 6.04 Å². The van der Waals surface area contributed by atoms with Crippen molar-refractivity contribution in [1.29, 1.82) is 0 Å². The molecule has 1 nitrogen and oxygen atoms in total. The molecule has 2 N–H and O–H groups in total. The Morgan fingerprint density at radius 3 is 2.69 bits per heavy atom. The topological polar surface area (TPSA) is 26.0 Å². The number of hydrogen-bond donors (Lipinski definition) is 1. The summed E-state index contributed by atoms with van der Waals surface area (Å²) < 4.78 is 0. The Labute approximate surface area is 99.0 Å². The average molecular weight is 217 g/mol. The van der Waals surface area contributed by atoms with Gasteiger partial charge in [0.25, 0.3) is 0 Å². The van der Waals surface area contributed by atoms with E-state index >= 15 is 0 Å². The van der Waals surface area contributed by atoms with Crippen molar-refractivity contribution in [2.24, 2.45) is 11.7 Å². The van der Waals surface area contributed by atoms with Crippen molar-refractivity contribution in [3.05, 3.63) is 35.4 Å². The molecule has 0 heterocycles. The molecule has 0 radical (unpaired) electrons. The summed E-state index contributed by atoms with van der Waals surface area (Å²) in [4.78, 5) is 0. The van der Waals surface area contributed by atoms with Crippen molar-refractivity contribution >= 4 is 0 Å². The van der Waals surface area contributed by atoms with Gasteiger partial charge in [-0.3, -0.25) is 0 Å². The van der Waals surface area contributed by atoms with Gasteiger partial charge in [-0.2, -0.15) is 0 Å². The molecule has 1 heteroatoms. The van der Waals surface area contributed by atoms with Gasteiger partial charge in [-0.1, -0.05) is 38.1 Å². The van der Waals surface area contributed by atoms with Gasteiger partial charge in [0, 0.05) is 6.04 Å². The standard InChI is InChI=1S/C15H23N/c1-11(2)8-15(16)10-12-4-3-5-14(9-12)13-6-7-13/h3-5,9,11,13,15H,6-8,10,16H2,1-2H3. The Hall–Kier alpha value is -0.820. The smallest absolute Gasteiger partial charge is 0.00817 e. The largest absolute Gasteiger partial charge is 0.327 e. The second-order valence-electron chi connectivity index (χ2n) is 5.61. The molecule has 0 aliphatic heterocycles. The van der Waals surface area contributed by atoms with E-state index < -0.39 is 0 Å². The predicted octanol–water partition coefficient (Wildman–Crippen LogP) is 3.48. The van der Waals surface area contributed by atoms with Crippen LogP contribution in [0.3, 0.4) is 0 Å². The first-order valence-corrected chi connectivity index (χ1v) is 6.49. The van der Waals surface area contributed by atoms with Crippen molar-refractivity contribution < 1.29 is 0 Å². The number of hydrogen-bond acceptors (Lipinski definition) is 1. The van der Waals surface area contributed by atoms with Gasteiger partial charge in [0.1, 0.15) is 0 Å². The summed E-state index contributed by atoms with van der Waals surface area (Å²) in [5.74, 6) is 1.54. The molecular weight excluding hydrogens is 194 g/mol.